The van der Waals surface area contributed by atoms with Crippen molar-refractivity contribution < 1.29 is 14.3 Å². The van der Waals surface area contributed by atoms with Gasteiger partial charge in [0.2, 0.25) is 0 Å². The molecule has 0 saturated heterocycles. The van der Waals surface area contributed by atoms with Gasteiger partial charge >= 0.3 is 0 Å². The van der Waals surface area contributed by atoms with E-state index in [2.05, 4.69) is 15.3 Å². The van der Waals surface area contributed by atoms with Gasteiger partial charge in [-0.3, -0.25) is 4.79 Å². The molecule has 0 radical (unpaired) electrons. The van der Waals surface area contributed by atoms with E-state index in [-0.39, 0.29) is 0 Å². The molecule has 27 heavy (non-hydrogen) atoms. The van der Waals surface area contributed by atoms with Crippen molar-refractivity contribution in [2.24, 2.45) is 4.99 Å². The second-order valence-electron chi connectivity index (χ2n) is 5.66. The Kier molecular flexibility index (Phi) is 7.20. The van der Waals surface area contributed by atoms with E-state index in [9.17, 15) is 14.3 Å². The summed E-state index contributed by atoms with van der Waals surface area (Å²) in [5.74, 6) is 0. The highest BCUT2D eigenvalue weighted by Crippen LogP contribution is 2.40. The van der Waals surface area contributed by atoms with Crippen LogP contribution < -0.4 is 10.2 Å². The highest BCUT2D eigenvalue weighted by molar-refractivity contribution is 7.21. The van der Waals surface area contributed by atoms with Crippen LogP contribution in [0.5, 0.6) is 0 Å². The van der Waals surface area contributed by atoms with E-state index in [1.54, 1.807) is 12.3 Å². The second kappa shape index (κ2) is 9.38. The fraction of sp³-hybridized carbons (Fsp3) is 0.316. The Morgan fingerprint density at radius 1 is 1.41 bits per heavy atom. The summed E-state index contributed by atoms with van der Waals surface area (Å²) >= 11 is 1.27. The fourth-order valence-electron chi connectivity index (χ4n) is 2.49. The van der Waals surface area contributed by atoms with E-state index in [1.165, 1.54) is 29.8 Å². The van der Waals surface area contributed by atoms with E-state index in [0.717, 1.165) is 22.2 Å². The van der Waals surface area contributed by atoms with Crippen molar-refractivity contribution in [3.05, 3.63) is 41.1 Å². The van der Waals surface area contributed by atoms with Crippen LogP contribution in [0, 0.1) is 0 Å². The van der Waals surface area contributed by atoms with Crippen molar-refractivity contribution >= 4 is 45.6 Å². The lowest BCUT2D eigenvalue weighted by Gasteiger charge is -2.15. The highest BCUT2D eigenvalue weighted by atomic mass is 32.1. The molecule has 2 aromatic rings. The number of carbonyl (C=O) groups is 1. The number of pyridine rings is 1. The summed E-state index contributed by atoms with van der Waals surface area (Å²) in [6.07, 6.45) is 5.48. The van der Waals surface area contributed by atoms with E-state index in [4.69, 9.17) is 0 Å². The molecule has 2 atom stereocenters. The van der Waals surface area contributed by atoms with Crippen LogP contribution in [0.25, 0.3) is 10.2 Å². The number of rotatable bonds is 5. The number of aliphatic hydroxyl groups is 1. The fourth-order valence-corrected chi connectivity index (χ4v) is 3.42. The third-order valence-corrected chi connectivity index (χ3v) is 4.74. The monoisotopic (exact) mass is 390 g/mol. The Balaban J connectivity index is 0.00000126. The van der Waals surface area contributed by atoms with Crippen molar-refractivity contribution in [3.63, 3.8) is 0 Å². The average Bonchev–Trinajstić information content (AvgIpc) is 3.04. The molecule has 144 valence electrons. The normalized spacial score (nSPS) is 18.8. The van der Waals surface area contributed by atoms with Crippen molar-refractivity contribution in [3.8, 4) is 0 Å². The number of hydrogen-bond donors (Lipinski definition) is 2. The van der Waals surface area contributed by atoms with Crippen molar-refractivity contribution in [1.29, 1.82) is 0 Å². The van der Waals surface area contributed by atoms with Crippen LogP contribution in [0.1, 0.15) is 23.5 Å². The minimum absolute atomic E-state index is 0.474. The van der Waals surface area contributed by atoms with Gasteiger partial charge in [0.15, 0.2) is 6.29 Å². The maximum Gasteiger partial charge on any atom is 0.162 e. The number of aliphatic hydroxyl groups excluding tert-OH is 1. The number of nitrogens with one attached hydrogen (secondary N) is 1. The van der Waals surface area contributed by atoms with Crippen LogP contribution in [-0.2, 0) is 0 Å². The predicted molar refractivity (Wildman–Crippen MR) is 110 cm³/mol. The summed E-state index contributed by atoms with van der Waals surface area (Å²) in [5, 5.41) is 13.0. The molecule has 1 aliphatic rings. The summed E-state index contributed by atoms with van der Waals surface area (Å²) in [5.41, 5.74) is 1.92. The van der Waals surface area contributed by atoms with Gasteiger partial charge in [0.1, 0.15) is 17.1 Å². The van der Waals surface area contributed by atoms with Gasteiger partial charge in [-0.05, 0) is 18.2 Å². The number of aliphatic imine (C=N–C) groups is 1. The Morgan fingerprint density at radius 3 is 2.78 bits per heavy atom. The second-order valence-corrected chi connectivity index (χ2v) is 6.69. The standard InChI is InChI=1S/C17H17FN4O2S.C2H6/c1-22(2)12-5-6-19-17-15(12)16(14(8-23)25-17)21-9-20-10-3-4-13(24)11(18)7-10;1-2/h3-9,11,13,24H,1-2H3,(H,20,21);1-2H3. The SMILES string of the molecule is CC.CN(C)c1ccnc2sc(C=O)c(N=CNC3=CC(F)C(O)C=C3)c12. The van der Waals surface area contributed by atoms with Gasteiger partial charge in [-0.25, -0.2) is 14.4 Å². The molecule has 8 heteroatoms. The van der Waals surface area contributed by atoms with E-state index < -0.39 is 12.3 Å². The summed E-state index contributed by atoms with van der Waals surface area (Å²) in [6, 6.07) is 1.86. The Labute approximate surface area is 161 Å². The molecular formula is C19H23FN4O2S. The van der Waals surface area contributed by atoms with Crippen molar-refractivity contribution in [1.82, 2.24) is 10.3 Å². The molecule has 2 N–H and O–H groups in total. The molecule has 2 heterocycles. The number of aromatic nitrogens is 1. The summed E-state index contributed by atoms with van der Waals surface area (Å²) in [7, 11) is 3.81. The molecule has 0 amide bonds. The molecule has 6 nitrogen and oxygen atoms in total. The van der Waals surface area contributed by atoms with Crippen LogP contribution in [0.2, 0.25) is 0 Å². The van der Waals surface area contributed by atoms with E-state index in [0.29, 0.717) is 16.3 Å². The van der Waals surface area contributed by atoms with Crippen LogP contribution in [0.15, 0.2) is 41.2 Å². The number of aldehydes is 1. The summed E-state index contributed by atoms with van der Waals surface area (Å²) in [6.45, 7) is 4.00. The van der Waals surface area contributed by atoms with Gasteiger partial charge in [0.25, 0.3) is 0 Å². The molecule has 1 aliphatic carbocycles. The lowest BCUT2D eigenvalue weighted by molar-refractivity contribution is 0.112. The van der Waals surface area contributed by atoms with Crippen LogP contribution in [0.4, 0.5) is 15.8 Å². The third-order valence-electron chi connectivity index (χ3n) is 3.72. The average molecular weight is 390 g/mol. The molecule has 2 unspecified atom stereocenters. The lowest BCUT2D eigenvalue weighted by Crippen LogP contribution is -2.23. The van der Waals surface area contributed by atoms with Gasteiger partial charge in [-0.15, -0.1) is 11.3 Å². The van der Waals surface area contributed by atoms with Crippen LogP contribution in [0.3, 0.4) is 0 Å². The topological polar surface area (TPSA) is 77.8 Å². The van der Waals surface area contributed by atoms with E-state index >= 15 is 0 Å². The quantitative estimate of drug-likeness (QED) is 0.463. The van der Waals surface area contributed by atoms with Gasteiger partial charge in [0, 0.05) is 26.0 Å². The molecule has 0 aliphatic heterocycles. The molecule has 2 aromatic heterocycles. The Hall–Kier alpha value is -2.58. The summed E-state index contributed by atoms with van der Waals surface area (Å²) in [4.78, 5) is 23.2. The van der Waals surface area contributed by atoms with Gasteiger partial charge in [-0.1, -0.05) is 19.9 Å². The highest BCUT2D eigenvalue weighted by Gasteiger charge is 2.18. The minimum Gasteiger partial charge on any atom is -0.386 e. The number of alkyl halides is 1. The molecule has 3 rings (SSSR count). The Bertz CT molecular complexity index is 889. The molecular weight excluding hydrogens is 367 g/mol. The maximum absolute atomic E-state index is 13.5. The van der Waals surface area contributed by atoms with Crippen molar-refractivity contribution in [2.45, 2.75) is 26.1 Å². The number of anilines is 1. The van der Waals surface area contributed by atoms with Crippen LogP contribution in [-0.4, -0.2) is 49.1 Å². The smallest absolute Gasteiger partial charge is 0.162 e. The Morgan fingerprint density at radius 2 is 2.15 bits per heavy atom. The minimum atomic E-state index is -1.46. The van der Waals surface area contributed by atoms with Crippen molar-refractivity contribution in [2.75, 3.05) is 19.0 Å². The van der Waals surface area contributed by atoms with Gasteiger partial charge in [0.05, 0.1) is 28.0 Å². The zero-order chi connectivity index (χ0) is 20.0. The summed E-state index contributed by atoms with van der Waals surface area (Å²) < 4.78 is 13.5. The van der Waals surface area contributed by atoms with Gasteiger partial charge in [-0.2, -0.15) is 0 Å². The molecule has 0 fully saturated rings. The predicted octanol–water partition coefficient (Wildman–Crippen LogP) is 3.60. The first-order chi connectivity index (χ1) is 13.0. The van der Waals surface area contributed by atoms with Crippen LogP contribution >= 0.6 is 11.3 Å². The largest absolute Gasteiger partial charge is 0.386 e. The maximum atomic E-state index is 13.5. The molecule has 0 aromatic carbocycles. The number of halogens is 1. The third kappa shape index (κ3) is 4.58. The zero-order valence-electron chi connectivity index (χ0n) is 15.7. The number of allylic oxidation sites excluding steroid dienone is 1. The van der Waals surface area contributed by atoms with E-state index in [1.807, 2.05) is 38.9 Å². The molecule has 0 saturated carbocycles. The first-order valence-electron chi connectivity index (χ1n) is 8.56. The number of hydrogen-bond acceptors (Lipinski definition) is 6. The number of nitrogens with zero attached hydrogens (tertiary/aromatic N) is 3. The zero-order valence-corrected chi connectivity index (χ0v) is 16.5. The first kappa shape index (κ1) is 20.7. The number of carbonyl (C=O) groups excluding carboxylic acids is 1. The number of thiophene rings is 1. The van der Waals surface area contributed by atoms with Gasteiger partial charge < -0.3 is 15.3 Å². The lowest BCUT2D eigenvalue weighted by atomic mass is 10.1. The molecule has 0 spiro atoms. The first-order valence-corrected chi connectivity index (χ1v) is 9.38. The molecule has 0 bridgehead atoms. The number of fused-ring (bicyclic) bond motifs is 1.